The van der Waals surface area contributed by atoms with Crippen molar-refractivity contribution >= 4 is 33.3 Å². The van der Waals surface area contributed by atoms with Gasteiger partial charge in [-0.1, -0.05) is 15.9 Å². The summed E-state index contributed by atoms with van der Waals surface area (Å²) in [5, 5.41) is 3.74. The van der Waals surface area contributed by atoms with Crippen molar-refractivity contribution in [2.75, 3.05) is 20.1 Å². The van der Waals surface area contributed by atoms with Crippen LogP contribution in [0.25, 0.3) is 0 Å². The zero-order valence-electron chi connectivity index (χ0n) is 8.94. The molecule has 3 nitrogen and oxygen atoms in total. The molecular weight excluding hydrogens is 288 g/mol. The number of rotatable bonds is 2. The molecule has 0 saturated carbocycles. The molecule has 0 radical (unpaired) electrons. The highest BCUT2D eigenvalue weighted by Crippen LogP contribution is 2.20. The van der Waals surface area contributed by atoms with Crippen LogP contribution in [-0.2, 0) is 0 Å². The SMILES string of the molecule is CNC(=S)N1CC(Oc2ccc(Br)cc2)C1. The first kappa shape index (κ1) is 11.7. The Labute approximate surface area is 109 Å². The average molecular weight is 301 g/mol. The van der Waals surface area contributed by atoms with Crippen LogP contribution in [0.1, 0.15) is 0 Å². The predicted molar refractivity (Wildman–Crippen MR) is 71.8 cm³/mol. The van der Waals surface area contributed by atoms with E-state index < -0.39 is 0 Å². The fourth-order valence-electron chi connectivity index (χ4n) is 1.54. The van der Waals surface area contributed by atoms with Gasteiger partial charge >= 0.3 is 0 Å². The Kier molecular flexibility index (Phi) is 3.66. The number of ether oxygens (including phenoxy) is 1. The first-order chi connectivity index (χ1) is 7.69. The van der Waals surface area contributed by atoms with Crippen molar-refractivity contribution in [2.24, 2.45) is 0 Å². The van der Waals surface area contributed by atoms with Crippen molar-refractivity contribution in [1.29, 1.82) is 0 Å². The molecule has 1 aromatic rings. The van der Waals surface area contributed by atoms with Gasteiger partial charge in [-0.2, -0.15) is 0 Å². The molecule has 1 aliphatic heterocycles. The van der Waals surface area contributed by atoms with E-state index in [-0.39, 0.29) is 6.10 Å². The fraction of sp³-hybridized carbons (Fsp3) is 0.364. The Morgan fingerprint density at radius 1 is 1.44 bits per heavy atom. The second kappa shape index (κ2) is 5.01. The Balaban J connectivity index is 1.81. The van der Waals surface area contributed by atoms with Gasteiger partial charge < -0.3 is 15.0 Å². The minimum absolute atomic E-state index is 0.243. The lowest BCUT2D eigenvalue weighted by Crippen LogP contribution is -2.58. The van der Waals surface area contributed by atoms with Crippen LogP contribution in [0.2, 0.25) is 0 Å². The minimum atomic E-state index is 0.243. The molecule has 0 bridgehead atoms. The van der Waals surface area contributed by atoms with Gasteiger partial charge in [-0.15, -0.1) is 0 Å². The minimum Gasteiger partial charge on any atom is -0.487 e. The third-order valence-electron chi connectivity index (χ3n) is 2.47. The highest BCUT2D eigenvalue weighted by molar-refractivity contribution is 9.10. The first-order valence-electron chi connectivity index (χ1n) is 5.08. The predicted octanol–water partition coefficient (Wildman–Crippen LogP) is 2.02. The molecule has 0 aliphatic carbocycles. The summed E-state index contributed by atoms with van der Waals surface area (Å²) < 4.78 is 6.84. The number of halogens is 1. The van der Waals surface area contributed by atoms with Crippen LogP contribution >= 0.6 is 28.1 Å². The molecule has 1 saturated heterocycles. The molecule has 16 heavy (non-hydrogen) atoms. The van der Waals surface area contributed by atoms with Gasteiger partial charge in [0.2, 0.25) is 0 Å². The smallest absolute Gasteiger partial charge is 0.168 e. The van der Waals surface area contributed by atoms with Crippen LogP contribution in [0.15, 0.2) is 28.7 Å². The zero-order valence-corrected chi connectivity index (χ0v) is 11.3. The summed E-state index contributed by atoms with van der Waals surface area (Å²) in [5.74, 6) is 0.906. The van der Waals surface area contributed by atoms with Gasteiger partial charge in [-0.05, 0) is 36.5 Å². The van der Waals surface area contributed by atoms with E-state index in [0.717, 1.165) is 28.4 Å². The summed E-state index contributed by atoms with van der Waals surface area (Å²) in [7, 11) is 1.84. The molecule has 0 aromatic heterocycles. The number of hydrogen-bond donors (Lipinski definition) is 1. The number of hydrogen-bond acceptors (Lipinski definition) is 2. The standard InChI is InChI=1S/C11H13BrN2OS/c1-13-11(16)14-6-10(7-14)15-9-4-2-8(12)3-5-9/h2-5,10H,6-7H2,1H3,(H,13,16). The zero-order chi connectivity index (χ0) is 11.5. The Morgan fingerprint density at radius 3 is 2.62 bits per heavy atom. The molecule has 86 valence electrons. The first-order valence-corrected chi connectivity index (χ1v) is 6.28. The van der Waals surface area contributed by atoms with Crippen molar-refractivity contribution in [3.63, 3.8) is 0 Å². The number of nitrogens with one attached hydrogen (secondary N) is 1. The number of likely N-dealkylation sites (tertiary alicyclic amines) is 1. The van der Waals surface area contributed by atoms with E-state index in [1.807, 2.05) is 31.3 Å². The molecule has 1 heterocycles. The second-order valence-corrected chi connectivity index (χ2v) is 4.96. The van der Waals surface area contributed by atoms with Gasteiger partial charge in [0.15, 0.2) is 5.11 Å². The van der Waals surface area contributed by atoms with Crippen LogP contribution in [0.3, 0.4) is 0 Å². The summed E-state index contributed by atoms with van der Waals surface area (Å²) in [4.78, 5) is 2.08. The third-order valence-corrected chi connectivity index (χ3v) is 3.46. The molecule has 0 unspecified atom stereocenters. The molecule has 0 spiro atoms. The maximum Gasteiger partial charge on any atom is 0.168 e. The lowest BCUT2D eigenvalue weighted by molar-refractivity contribution is 0.0675. The van der Waals surface area contributed by atoms with Crippen molar-refractivity contribution in [3.05, 3.63) is 28.7 Å². The van der Waals surface area contributed by atoms with E-state index in [0.29, 0.717) is 0 Å². The van der Waals surface area contributed by atoms with Crippen LogP contribution in [0, 0.1) is 0 Å². The Hall–Kier alpha value is -0.810. The number of thiocarbonyl (C=S) groups is 1. The van der Waals surface area contributed by atoms with E-state index in [9.17, 15) is 0 Å². The van der Waals surface area contributed by atoms with Crippen LogP contribution in [-0.4, -0.2) is 36.3 Å². The molecule has 1 fully saturated rings. The van der Waals surface area contributed by atoms with E-state index in [1.165, 1.54) is 0 Å². The van der Waals surface area contributed by atoms with Crippen LogP contribution in [0.5, 0.6) is 5.75 Å². The maximum atomic E-state index is 5.78. The Bertz CT molecular complexity index is 376. The molecule has 1 N–H and O–H groups in total. The third kappa shape index (κ3) is 2.65. The monoisotopic (exact) mass is 300 g/mol. The highest BCUT2D eigenvalue weighted by atomic mass is 79.9. The van der Waals surface area contributed by atoms with E-state index in [2.05, 4.69) is 26.1 Å². The second-order valence-electron chi connectivity index (χ2n) is 3.65. The lowest BCUT2D eigenvalue weighted by atomic mass is 10.2. The van der Waals surface area contributed by atoms with Gasteiger partial charge in [-0.25, -0.2) is 0 Å². The summed E-state index contributed by atoms with van der Waals surface area (Å²) >= 11 is 8.51. The average Bonchev–Trinajstić information content (AvgIpc) is 2.24. The molecule has 2 rings (SSSR count). The molecule has 1 aliphatic rings. The van der Waals surface area contributed by atoms with Crippen molar-refractivity contribution in [1.82, 2.24) is 10.2 Å². The van der Waals surface area contributed by atoms with Crippen molar-refractivity contribution in [3.8, 4) is 5.75 Å². The Morgan fingerprint density at radius 2 is 2.06 bits per heavy atom. The molecule has 0 atom stereocenters. The molecule has 5 heteroatoms. The van der Waals surface area contributed by atoms with Crippen molar-refractivity contribution in [2.45, 2.75) is 6.10 Å². The van der Waals surface area contributed by atoms with Crippen molar-refractivity contribution < 1.29 is 4.74 Å². The van der Waals surface area contributed by atoms with Crippen LogP contribution < -0.4 is 10.1 Å². The molecule has 0 amide bonds. The van der Waals surface area contributed by atoms with Gasteiger partial charge in [0.25, 0.3) is 0 Å². The largest absolute Gasteiger partial charge is 0.487 e. The van der Waals surface area contributed by atoms with Gasteiger partial charge in [0.05, 0.1) is 13.1 Å². The highest BCUT2D eigenvalue weighted by Gasteiger charge is 2.29. The van der Waals surface area contributed by atoms with Gasteiger partial charge in [0.1, 0.15) is 11.9 Å². The quantitative estimate of drug-likeness (QED) is 0.845. The summed E-state index contributed by atoms with van der Waals surface area (Å²) in [6.07, 6.45) is 0.243. The van der Waals surface area contributed by atoms with Crippen LogP contribution in [0.4, 0.5) is 0 Å². The molecular formula is C11H13BrN2OS. The topological polar surface area (TPSA) is 24.5 Å². The fourth-order valence-corrected chi connectivity index (χ4v) is 1.96. The number of nitrogens with zero attached hydrogens (tertiary/aromatic N) is 1. The van der Waals surface area contributed by atoms with E-state index in [4.69, 9.17) is 17.0 Å². The van der Waals surface area contributed by atoms with E-state index in [1.54, 1.807) is 0 Å². The molecule has 1 aromatic carbocycles. The summed E-state index contributed by atoms with van der Waals surface area (Å²) in [6.45, 7) is 1.71. The summed E-state index contributed by atoms with van der Waals surface area (Å²) in [6, 6.07) is 7.88. The lowest BCUT2D eigenvalue weighted by Gasteiger charge is -2.40. The number of benzene rings is 1. The maximum absolute atomic E-state index is 5.78. The van der Waals surface area contributed by atoms with Gasteiger partial charge in [0, 0.05) is 11.5 Å². The van der Waals surface area contributed by atoms with Gasteiger partial charge in [-0.3, -0.25) is 0 Å². The van der Waals surface area contributed by atoms with E-state index >= 15 is 0 Å². The normalized spacial score (nSPS) is 15.5. The summed E-state index contributed by atoms with van der Waals surface area (Å²) in [5.41, 5.74) is 0.